The zero-order valence-corrected chi connectivity index (χ0v) is 12.7. The van der Waals surface area contributed by atoms with Crippen molar-refractivity contribution >= 4 is 5.91 Å². The van der Waals surface area contributed by atoms with Crippen LogP contribution in [-0.2, 0) is 13.6 Å². The number of methoxy groups -OCH3 is 1. The van der Waals surface area contributed by atoms with Gasteiger partial charge in [0.25, 0.3) is 5.91 Å². The van der Waals surface area contributed by atoms with Crippen LogP contribution in [0.5, 0.6) is 5.75 Å². The Labute approximate surface area is 125 Å². The first kappa shape index (κ1) is 15.1. The summed E-state index contributed by atoms with van der Waals surface area (Å²) in [7, 11) is 3.47. The van der Waals surface area contributed by atoms with E-state index in [-0.39, 0.29) is 5.91 Å². The first-order valence-electron chi connectivity index (χ1n) is 7.05. The highest BCUT2D eigenvalue weighted by molar-refractivity contribution is 5.90. The zero-order chi connectivity index (χ0) is 15.2. The Bertz CT molecular complexity index is 607. The second-order valence-electron chi connectivity index (χ2n) is 4.90. The van der Waals surface area contributed by atoms with Crippen molar-refractivity contribution in [2.45, 2.75) is 19.9 Å². The minimum Gasteiger partial charge on any atom is -0.496 e. The highest BCUT2D eigenvalue weighted by Crippen LogP contribution is 2.20. The van der Waals surface area contributed by atoms with Gasteiger partial charge in [0.15, 0.2) is 5.82 Å². The van der Waals surface area contributed by atoms with Crippen molar-refractivity contribution in [1.82, 2.24) is 14.5 Å². The average Bonchev–Trinajstić information content (AvgIpc) is 2.92. The summed E-state index contributed by atoms with van der Waals surface area (Å²) in [5.41, 5.74) is 0.996. The normalized spacial score (nSPS) is 10.4. The number of nitrogens with zero attached hydrogens (tertiary/aromatic N) is 3. The number of carbonyl (C=O) groups excluding carboxylic acids is 1. The molecular formula is C16H21N3O2. The summed E-state index contributed by atoms with van der Waals surface area (Å²) in [4.78, 5) is 18.6. The molecule has 0 aliphatic carbocycles. The zero-order valence-electron chi connectivity index (χ0n) is 12.7. The van der Waals surface area contributed by atoms with Gasteiger partial charge in [0.1, 0.15) is 5.75 Å². The maximum absolute atomic E-state index is 12.6. The van der Waals surface area contributed by atoms with Gasteiger partial charge in [0, 0.05) is 38.1 Å². The van der Waals surface area contributed by atoms with Crippen molar-refractivity contribution < 1.29 is 9.53 Å². The van der Waals surface area contributed by atoms with Crippen molar-refractivity contribution in [3.05, 3.63) is 48.0 Å². The van der Waals surface area contributed by atoms with Crippen molar-refractivity contribution in [1.29, 1.82) is 0 Å². The summed E-state index contributed by atoms with van der Waals surface area (Å²) in [6.45, 7) is 3.26. The van der Waals surface area contributed by atoms with Gasteiger partial charge in [0.2, 0.25) is 0 Å². The fraction of sp³-hybridized carbons (Fsp3) is 0.375. The molecule has 1 amide bonds. The predicted molar refractivity (Wildman–Crippen MR) is 81.2 cm³/mol. The van der Waals surface area contributed by atoms with Gasteiger partial charge in [-0.3, -0.25) is 4.79 Å². The SMILES string of the molecule is CCCN(Cc1ccccc1OC)C(=O)c1nccn1C. The maximum atomic E-state index is 12.6. The Morgan fingerprint density at radius 2 is 2.14 bits per heavy atom. The molecule has 0 atom stereocenters. The lowest BCUT2D eigenvalue weighted by molar-refractivity contribution is 0.0726. The number of aryl methyl sites for hydroxylation is 1. The smallest absolute Gasteiger partial charge is 0.290 e. The van der Waals surface area contributed by atoms with E-state index in [1.54, 1.807) is 29.0 Å². The van der Waals surface area contributed by atoms with Crippen molar-refractivity contribution in [2.24, 2.45) is 7.05 Å². The lowest BCUT2D eigenvalue weighted by Gasteiger charge is -2.22. The lowest BCUT2D eigenvalue weighted by Crippen LogP contribution is -2.33. The molecule has 0 aliphatic rings. The third-order valence-electron chi connectivity index (χ3n) is 3.35. The monoisotopic (exact) mass is 287 g/mol. The fourth-order valence-electron chi connectivity index (χ4n) is 2.27. The van der Waals surface area contributed by atoms with E-state index in [4.69, 9.17) is 4.74 Å². The Hall–Kier alpha value is -2.30. The van der Waals surface area contributed by atoms with Crippen LogP contribution in [0.15, 0.2) is 36.7 Å². The average molecular weight is 287 g/mol. The molecule has 112 valence electrons. The van der Waals surface area contributed by atoms with Crippen LogP contribution in [0.2, 0.25) is 0 Å². The molecule has 5 nitrogen and oxygen atoms in total. The first-order chi connectivity index (χ1) is 10.2. The Morgan fingerprint density at radius 3 is 2.76 bits per heavy atom. The first-order valence-corrected chi connectivity index (χ1v) is 7.05. The van der Waals surface area contributed by atoms with E-state index in [0.29, 0.717) is 18.9 Å². The summed E-state index contributed by atoms with van der Waals surface area (Å²) < 4.78 is 7.10. The van der Waals surface area contributed by atoms with Crippen LogP contribution in [0.1, 0.15) is 29.5 Å². The van der Waals surface area contributed by atoms with Gasteiger partial charge in [-0.25, -0.2) is 4.98 Å². The van der Waals surface area contributed by atoms with Gasteiger partial charge in [-0.05, 0) is 12.5 Å². The van der Waals surface area contributed by atoms with Gasteiger partial charge in [0.05, 0.1) is 7.11 Å². The molecule has 0 spiro atoms. The molecule has 2 aromatic rings. The number of benzene rings is 1. The van der Waals surface area contributed by atoms with E-state index >= 15 is 0 Å². The molecule has 0 N–H and O–H groups in total. The van der Waals surface area contributed by atoms with Crippen LogP contribution in [0.3, 0.4) is 0 Å². The van der Waals surface area contributed by atoms with E-state index in [1.165, 1.54) is 0 Å². The third-order valence-corrected chi connectivity index (χ3v) is 3.35. The van der Waals surface area contributed by atoms with Crippen LogP contribution in [0.25, 0.3) is 0 Å². The van der Waals surface area contributed by atoms with Crippen molar-refractivity contribution in [2.75, 3.05) is 13.7 Å². The largest absolute Gasteiger partial charge is 0.496 e. The van der Waals surface area contributed by atoms with Gasteiger partial charge < -0.3 is 14.2 Å². The number of para-hydroxylation sites is 1. The van der Waals surface area contributed by atoms with Gasteiger partial charge in [-0.1, -0.05) is 25.1 Å². The third kappa shape index (κ3) is 3.42. The number of carbonyl (C=O) groups is 1. The summed E-state index contributed by atoms with van der Waals surface area (Å²) in [5, 5.41) is 0. The van der Waals surface area contributed by atoms with Crippen molar-refractivity contribution in [3.63, 3.8) is 0 Å². The van der Waals surface area contributed by atoms with Gasteiger partial charge >= 0.3 is 0 Å². The Balaban J connectivity index is 2.23. The number of imidazole rings is 1. The summed E-state index contributed by atoms with van der Waals surface area (Å²) in [5.74, 6) is 1.19. The van der Waals surface area contributed by atoms with Crippen LogP contribution >= 0.6 is 0 Å². The lowest BCUT2D eigenvalue weighted by atomic mass is 10.2. The standard InChI is InChI=1S/C16H21N3O2/c1-4-10-19(16(20)15-17-9-11-18(15)2)12-13-7-5-6-8-14(13)21-3/h5-9,11H,4,10,12H2,1-3H3. The van der Waals surface area contributed by atoms with Crippen LogP contribution in [0, 0.1) is 0 Å². The summed E-state index contributed by atoms with van der Waals surface area (Å²) in [6.07, 6.45) is 4.31. The molecule has 0 unspecified atom stereocenters. The predicted octanol–water partition coefficient (Wildman–Crippen LogP) is 2.48. The molecular weight excluding hydrogens is 266 g/mol. The van der Waals surface area contributed by atoms with Crippen LogP contribution < -0.4 is 4.74 Å². The molecule has 2 rings (SSSR count). The molecule has 5 heteroatoms. The molecule has 1 aromatic heterocycles. The molecule has 0 saturated carbocycles. The topological polar surface area (TPSA) is 47.4 Å². The summed E-state index contributed by atoms with van der Waals surface area (Å²) in [6, 6.07) is 7.76. The van der Waals surface area contributed by atoms with E-state index in [0.717, 1.165) is 17.7 Å². The number of amides is 1. The van der Waals surface area contributed by atoms with Crippen molar-refractivity contribution in [3.8, 4) is 5.75 Å². The van der Waals surface area contributed by atoms with E-state index in [2.05, 4.69) is 11.9 Å². The molecule has 21 heavy (non-hydrogen) atoms. The number of aromatic nitrogens is 2. The second kappa shape index (κ2) is 6.92. The van der Waals surface area contributed by atoms with E-state index < -0.39 is 0 Å². The van der Waals surface area contributed by atoms with Gasteiger partial charge in [-0.2, -0.15) is 0 Å². The maximum Gasteiger partial charge on any atom is 0.290 e. The molecule has 0 bridgehead atoms. The Kier molecular flexibility index (Phi) is 4.98. The highest BCUT2D eigenvalue weighted by atomic mass is 16.5. The number of rotatable bonds is 6. The fourth-order valence-corrected chi connectivity index (χ4v) is 2.27. The Morgan fingerprint density at radius 1 is 1.38 bits per heavy atom. The molecule has 0 saturated heterocycles. The quantitative estimate of drug-likeness (QED) is 0.820. The number of hydrogen-bond donors (Lipinski definition) is 0. The van der Waals surface area contributed by atoms with E-state index in [9.17, 15) is 4.79 Å². The molecule has 0 aliphatic heterocycles. The van der Waals surface area contributed by atoms with Gasteiger partial charge in [-0.15, -0.1) is 0 Å². The second-order valence-corrected chi connectivity index (χ2v) is 4.90. The van der Waals surface area contributed by atoms with E-state index in [1.807, 2.05) is 31.3 Å². The van der Waals surface area contributed by atoms with Crippen LogP contribution in [0.4, 0.5) is 0 Å². The molecule has 1 heterocycles. The molecule has 0 radical (unpaired) electrons. The minimum atomic E-state index is -0.0599. The number of hydrogen-bond acceptors (Lipinski definition) is 3. The highest BCUT2D eigenvalue weighted by Gasteiger charge is 2.20. The molecule has 0 fully saturated rings. The summed E-state index contributed by atoms with van der Waals surface area (Å²) >= 11 is 0. The minimum absolute atomic E-state index is 0.0599. The number of ether oxygens (including phenoxy) is 1. The molecule has 1 aromatic carbocycles. The van der Waals surface area contributed by atoms with Crippen LogP contribution in [-0.4, -0.2) is 34.0 Å².